The summed E-state index contributed by atoms with van der Waals surface area (Å²) >= 11 is 2.62. The zero-order valence-corrected chi connectivity index (χ0v) is 11.5. The molecule has 0 aliphatic heterocycles. The molecule has 1 heterocycles. The third kappa shape index (κ3) is 3.07. The topological polar surface area (TPSA) is 92.7 Å². The van der Waals surface area contributed by atoms with Gasteiger partial charge in [-0.05, 0) is 23.7 Å². The molecule has 0 spiro atoms. The molecule has 0 aliphatic rings. The second kappa shape index (κ2) is 5.77. The van der Waals surface area contributed by atoms with Crippen molar-refractivity contribution in [2.75, 3.05) is 0 Å². The van der Waals surface area contributed by atoms with Gasteiger partial charge in [-0.3, -0.25) is 10.1 Å². The van der Waals surface area contributed by atoms with Crippen LogP contribution in [-0.2, 0) is 6.42 Å². The van der Waals surface area contributed by atoms with Gasteiger partial charge >= 0.3 is 0 Å². The fourth-order valence-electron chi connectivity index (χ4n) is 1.35. The fraction of sp³-hybridized carbons (Fsp3) is 0.182. The smallest absolute Gasteiger partial charge is 0.258 e. The summed E-state index contributed by atoms with van der Waals surface area (Å²) in [7, 11) is 0. The number of nitrogens with zero attached hydrogens (tertiary/aromatic N) is 4. The van der Waals surface area contributed by atoms with E-state index in [0.29, 0.717) is 0 Å². The summed E-state index contributed by atoms with van der Waals surface area (Å²) in [4.78, 5) is 15.2. The van der Waals surface area contributed by atoms with Gasteiger partial charge in [0.1, 0.15) is 17.5 Å². The minimum Gasteiger partial charge on any atom is -0.258 e. The van der Waals surface area contributed by atoms with Gasteiger partial charge in [-0.2, -0.15) is 9.64 Å². The van der Waals surface area contributed by atoms with Crippen molar-refractivity contribution in [1.29, 1.82) is 5.26 Å². The molecule has 2 rings (SSSR count). The number of rotatable bonds is 4. The molecule has 0 N–H and O–H groups in total. The maximum absolute atomic E-state index is 10.7. The van der Waals surface area contributed by atoms with Crippen LogP contribution in [-0.4, -0.2) is 14.3 Å². The summed E-state index contributed by atoms with van der Waals surface area (Å²) in [5.41, 5.74) is -0.131. The van der Waals surface area contributed by atoms with Gasteiger partial charge in [-0.15, -0.1) is 0 Å². The van der Waals surface area contributed by atoms with E-state index in [9.17, 15) is 10.1 Å². The molecule has 2 aromatic rings. The van der Waals surface area contributed by atoms with E-state index in [1.165, 1.54) is 35.4 Å². The van der Waals surface area contributed by atoms with E-state index in [0.717, 1.165) is 21.5 Å². The van der Waals surface area contributed by atoms with Crippen LogP contribution in [0.4, 0.5) is 5.69 Å². The number of benzene rings is 1. The van der Waals surface area contributed by atoms with E-state index in [4.69, 9.17) is 5.26 Å². The Bertz CT molecular complexity index is 663. The molecule has 0 atom stereocenters. The predicted octanol–water partition coefficient (Wildman–Crippen LogP) is 3.03. The van der Waals surface area contributed by atoms with Crippen LogP contribution in [0.5, 0.6) is 0 Å². The third-order valence-electron chi connectivity index (χ3n) is 2.26. The maximum atomic E-state index is 10.7. The number of aryl methyl sites for hydroxylation is 1. The first-order chi connectivity index (χ1) is 9.13. The predicted molar refractivity (Wildman–Crippen MR) is 71.2 cm³/mol. The Balaban J connectivity index is 2.27. The molecular weight excluding hydrogens is 284 g/mol. The van der Waals surface area contributed by atoms with Crippen molar-refractivity contribution in [2.45, 2.75) is 22.6 Å². The molecule has 0 amide bonds. The minimum absolute atomic E-state index is 0.0511. The van der Waals surface area contributed by atoms with E-state index in [2.05, 4.69) is 9.36 Å². The Labute approximate surface area is 117 Å². The fourth-order valence-corrected chi connectivity index (χ4v) is 3.07. The largest absolute Gasteiger partial charge is 0.287 e. The molecule has 0 aliphatic carbocycles. The molecule has 0 bridgehead atoms. The highest BCUT2D eigenvalue weighted by Crippen LogP contribution is 2.31. The maximum Gasteiger partial charge on any atom is 0.287 e. The van der Waals surface area contributed by atoms with E-state index in [-0.39, 0.29) is 11.3 Å². The summed E-state index contributed by atoms with van der Waals surface area (Å²) in [5, 5.41) is 19.6. The van der Waals surface area contributed by atoms with Gasteiger partial charge in [0.25, 0.3) is 5.69 Å². The van der Waals surface area contributed by atoms with Crippen LogP contribution in [0, 0.1) is 21.4 Å². The SMILES string of the molecule is CCc1nsc(Sc2ccc([N+](=O)[O-])c(C#N)c2)n1. The average molecular weight is 292 g/mol. The average Bonchev–Trinajstić information content (AvgIpc) is 2.86. The molecule has 0 saturated heterocycles. The Morgan fingerprint density at radius 2 is 2.37 bits per heavy atom. The Morgan fingerprint density at radius 1 is 1.58 bits per heavy atom. The number of hydrogen-bond donors (Lipinski definition) is 0. The molecule has 6 nitrogen and oxygen atoms in total. The van der Waals surface area contributed by atoms with Crippen molar-refractivity contribution in [3.05, 3.63) is 39.7 Å². The Morgan fingerprint density at radius 3 is 2.95 bits per heavy atom. The summed E-state index contributed by atoms with van der Waals surface area (Å²) in [6, 6.07) is 6.27. The minimum atomic E-state index is -0.562. The molecule has 96 valence electrons. The highest BCUT2D eigenvalue weighted by Gasteiger charge is 2.14. The lowest BCUT2D eigenvalue weighted by atomic mass is 10.2. The van der Waals surface area contributed by atoms with Gasteiger partial charge in [0.05, 0.1) is 4.92 Å². The first-order valence-electron chi connectivity index (χ1n) is 5.33. The quantitative estimate of drug-likeness (QED) is 0.635. The third-order valence-corrected chi connectivity index (χ3v) is 4.03. The van der Waals surface area contributed by atoms with Crippen LogP contribution in [0.2, 0.25) is 0 Å². The molecule has 0 saturated carbocycles. The van der Waals surface area contributed by atoms with Crippen molar-refractivity contribution >= 4 is 29.0 Å². The van der Waals surface area contributed by atoms with Gasteiger partial charge in [0.15, 0.2) is 4.34 Å². The molecule has 1 aromatic heterocycles. The molecule has 1 aromatic carbocycles. The van der Waals surface area contributed by atoms with E-state index < -0.39 is 4.92 Å². The Kier molecular flexibility index (Phi) is 4.09. The number of aromatic nitrogens is 2. The molecular formula is C11H8N4O2S2. The van der Waals surface area contributed by atoms with E-state index in [1.54, 1.807) is 6.07 Å². The van der Waals surface area contributed by atoms with Crippen LogP contribution in [0.25, 0.3) is 0 Å². The van der Waals surface area contributed by atoms with Crippen molar-refractivity contribution in [2.24, 2.45) is 0 Å². The normalized spacial score (nSPS) is 10.1. The lowest BCUT2D eigenvalue weighted by Gasteiger charge is -1.99. The molecule has 8 heteroatoms. The van der Waals surface area contributed by atoms with E-state index >= 15 is 0 Å². The lowest BCUT2D eigenvalue weighted by molar-refractivity contribution is -0.385. The van der Waals surface area contributed by atoms with Gasteiger partial charge in [-0.25, -0.2) is 4.98 Å². The number of nitriles is 1. The number of nitro benzene ring substituents is 1. The molecule has 0 unspecified atom stereocenters. The zero-order chi connectivity index (χ0) is 13.8. The lowest BCUT2D eigenvalue weighted by Crippen LogP contribution is -1.92. The molecule has 19 heavy (non-hydrogen) atoms. The zero-order valence-electron chi connectivity index (χ0n) is 9.86. The molecule has 0 radical (unpaired) electrons. The van der Waals surface area contributed by atoms with Crippen molar-refractivity contribution in [1.82, 2.24) is 9.36 Å². The van der Waals surface area contributed by atoms with Crippen LogP contribution >= 0.6 is 23.3 Å². The summed E-state index contributed by atoms with van der Waals surface area (Å²) in [6.45, 7) is 1.97. The van der Waals surface area contributed by atoms with Crippen LogP contribution in [0.15, 0.2) is 27.4 Å². The highest BCUT2D eigenvalue weighted by molar-refractivity contribution is 8.01. The van der Waals surface area contributed by atoms with Crippen LogP contribution in [0.3, 0.4) is 0 Å². The summed E-state index contributed by atoms with van der Waals surface area (Å²) in [5.74, 6) is 0.773. The number of hydrogen-bond acceptors (Lipinski definition) is 7. The first kappa shape index (κ1) is 13.5. The standard InChI is InChI=1S/C11H8N4O2S2/c1-2-10-13-11(19-14-10)18-8-3-4-9(15(16)17)7(5-8)6-12/h3-5H,2H2,1H3. The van der Waals surface area contributed by atoms with Gasteiger partial charge in [0, 0.05) is 17.4 Å². The van der Waals surface area contributed by atoms with Crippen LogP contribution < -0.4 is 0 Å². The van der Waals surface area contributed by atoms with Gasteiger partial charge < -0.3 is 0 Å². The first-order valence-corrected chi connectivity index (χ1v) is 6.92. The summed E-state index contributed by atoms with van der Waals surface area (Å²) in [6.07, 6.45) is 0.765. The van der Waals surface area contributed by atoms with Crippen LogP contribution in [0.1, 0.15) is 18.3 Å². The van der Waals surface area contributed by atoms with E-state index in [1.807, 2.05) is 13.0 Å². The second-order valence-electron chi connectivity index (χ2n) is 3.48. The molecule has 0 fully saturated rings. The van der Waals surface area contributed by atoms with Crippen molar-refractivity contribution in [3.8, 4) is 6.07 Å². The highest BCUT2D eigenvalue weighted by atomic mass is 32.2. The number of nitro groups is 1. The monoisotopic (exact) mass is 292 g/mol. The van der Waals surface area contributed by atoms with Crippen molar-refractivity contribution in [3.63, 3.8) is 0 Å². The van der Waals surface area contributed by atoms with Gasteiger partial charge in [0.2, 0.25) is 0 Å². The summed E-state index contributed by atoms with van der Waals surface area (Å²) < 4.78 is 4.91. The van der Waals surface area contributed by atoms with Gasteiger partial charge in [-0.1, -0.05) is 18.7 Å². The second-order valence-corrected chi connectivity index (χ2v) is 5.55. The Hall–Kier alpha value is -1.98. The van der Waals surface area contributed by atoms with Crippen molar-refractivity contribution < 1.29 is 4.92 Å².